The second-order valence-electron chi connectivity index (χ2n) is 5.67. The lowest BCUT2D eigenvalue weighted by atomic mass is 10.1. The number of methoxy groups -OCH3 is 3. The third kappa shape index (κ3) is 5.71. The molecule has 0 aliphatic heterocycles. The van der Waals surface area contributed by atoms with Crippen LogP contribution in [-0.4, -0.2) is 45.7 Å². The summed E-state index contributed by atoms with van der Waals surface area (Å²) in [6, 6.07) is 7.84. The molecule has 0 saturated heterocycles. The summed E-state index contributed by atoms with van der Waals surface area (Å²) in [6.07, 6.45) is 0.00633. The van der Waals surface area contributed by atoms with Gasteiger partial charge in [-0.1, -0.05) is 6.07 Å². The summed E-state index contributed by atoms with van der Waals surface area (Å²) in [6.45, 7) is -0.240. The molecule has 2 aromatic rings. The van der Waals surface area contributed by atoms with Crippen molar-refractivity contribution >= 4 is 29.1 Å². The Morgan fingerprint density at radius 1 is 1.07 bits per heavy atom. The molecule has 2 rings (SSSR count). The molecule has 0 fully saturated rings. The highest BCUT2D eigenvalue weighted by Gasteiger charge is 2.20. The van der Waals surface area contributed by atoms with Crippen molar-refractivity contribution in [2.45, 2.75) is 12.5 Å². The largest absolute Gasteiger partial charge is 0.493 e. The quantitative estimate of drug-likeness (QED) is 0.617. The van der Waals surface area contributed by atoms with E-state index in [9.17, 15) is 14.4 Å². The van der Waals surface area contributed by atoms with Crippen LogP contribution in [0.5, 0.6) is 11.5 Å². The number of amides is 2. The van der Waals surface area contributed by atoms with Gasteiger partial charge in [-0.05, 0) is 29.6 Å². The maximum Gasteiger partial charge on any atom is 0.307 e. The molecular weight excluding hydrogens is 384 g/mol. The first-order valence-electron chi connectivity index (χ1n) is 8.38. The van der Waals surface area contributed by atoms with E-state index in [-0.39, 0.29) is 13.0 Å². The highest BCUT2D eigenvalue weighted by molar-refractivity contribution is 7.10. The van der Waals surface area contributed by atoms with Gasteiger partial charge in [0.15, 0.2) is 11.5 Å². The van der Waals surface area contributed by atoms with Crippen LogP contribution in [0.1, 0.15) is 27.7 Å². The molecule has 9 heteroatoms. The zero-order chi connectivity index (χ0) is 20.5. The van der Waals surface area contributed by atoms with Crippen LogP contribution in [0, 0.1) is 0 Å². The highest BCUT2D eigenvalue weighted by Crippen LogP contribution is 2.27. The molecule has 0 bridgehead atoms. The number of thiophene rings is 1. The van der Waals surface area contributed by atoms with E-state index < -0.39 is 23.8 Å². The number of benzene rings is 1. The van der Waals surface area contributed by atoms with E-state index >= 15 is 0 Å². The fraction of sp³-hybridized carbons (Fsp3) is 0.316. The van der Waals surface area contributed by atoms with E-state index in [4.69, 9.17) is 9.47 Å². The normalized spacial score (nSPS) is 11.2. The van der Waals surface area contributed by atoms with Crippen molar-refractivity contribution in [2.24, 2.45) is 0 Å². The Balaban J connectivity index is 1.96. The van der Waals surface area contributed by atoms with Crippen LogP contribution < -0.4 is 20.1 Å². The van der Waals surface area contributed by atoms with Gasteiger partial charge < -0.3 is 24.8 Å². The Morgan fingerprint density at radius 3 is 2.43 bits per heavy atom. The number of nitrogens with one attached hydrogen (secondary N) is 2. The Hall–Kier alpha value is -3.07. The van der Waals surface area contributed by atoms with E-state index in [1.54, 1.807) is 12.1 Å². The second-order valence-corrected chi connectivity index (χ2v) is 6.65. The molecular formula is C19H22N2O6S. The van der Waals surface area contributed by atoms with Crippen LogP contribution in [-0.2, 0) is 14.3 Å². The third-order valence-electron chi connectivity index (χ3n) is 3.88. The van der Waals surface area contributed by atoms with E-state index in [1.165, 1.54) is 38.7 Å². The van der Waals surface area contributed by atoms with Gasteiger partial charge >= 0.3 is 5.97 Å². The fourth-order valence-corrected chi connectivity index (χ4v) is 3.23. The first-order valence-corrected chi connectivity index (χ1v) is 9.26. The van der Waals surface area contributed by atoms with Crippen LogP contribution in [0.25, 0.3) is 0 Å². The van der Waals surface area contributed by atoms with Gasteiger partial charge in [0.1, 0.15) is 0 Å². The van der Waals surface area contributed by atoms with Gasteiger partial charge in [0.2, 0.25) is 5.91 Å². The summed E-state index contributed by atoms with van der Waals surface area (Å²) in [4.78, 5) is 37.0. The summed E-state index contributed by atoms with van der Waals surface area (Å²) in [5.41, 5.74) is 0.329. The topological polar surface area (TPSA) is 103 Å². The van der Waals surface area contributed by atoms with Crippen LogP contribution in [0.2, 0.25) is 0 Å². The van der Waals surface area contributed by atoms with Crippen molar-refractivity contribution in [3.8, 4) is 11.5 Å². The minimum atomic E-state index is -0.516. The van der Waals surface area contributed by atoms with E-state index in [0.29, 0.717) is 17.1 Å². The Morgan fingerprint density at radius 2 is 1.82 bits per heavy atom. The summed E-state index contributed by atoms with van der Waals surface area (Å²) >= 11 is 1.42. The van der Waals surface area contributed by atoms with Crippen molar-refractivity contribution in [3.05, 3.63) is 46.2 Å². The molecule has 150 valence electrons. The molecule has 0 radical (unpaired) electrons. The number of carbonyl (C=O) groups is 3. The molecule has 2 amide bonds. The van der Waals surface area contributed by atoms with Gasteiger partial charge in [0, 0.05) is 10.4 Å². The molecule has 8 nitrogen and oxygen atoms in total. The van der Waals surface area contributed by atoms with E-state index in [2.05, 4.69) is 15.4 Å². The predicted molar refractivity (Wildman–Crippen MR) is 104 cm³/mol. The Labute approximate surface area is 166 Å². The van der Waals surface area contributed by atoms with Gasteiger partial charge in [-0.2, -0.15) is 0 Å². The molecule has 0 aliphatic carbocycles. The van der Waals surface area contributed by atoms with Crippen molar-refractivity contribution in [3.63, 3.8) is 0 Å². The molecule has 1 unspecified atom stereocenters. The Kier molecular flexibility index (Phi) is 7.82. The molecule has 0 spiro atoms. The van der Waals surface area contributed by atoms with Gasteiger partial charge in [0.05, 0.1) is 40.3 Å². The van der Waals surface area contributed by atoms with E-state index in [1.807, 2.05) is 17.5 Å². The van der Waals surface area contributed by atoms with Crippen LogP contribution in [0.4, 0.5) is 0 Å². The van der Waals surface area contributed by atoms with Gasteiger partial charge in [-0.3, -0.25) is 14.4 Å². The number of hydrogen-bond acceptors (Lipinski definition) is 7. The molecule has 0 aliphatic rings. The van der Waals surface area contributed by atoms with Crippen molar-refractivity contribution in [1.82, 2.24) is 10.6 Å². The smallest absolute Gasteiger partial charge is 0.307 e. The number of rotatable bonds is 9. The van der Waals surface area contributed by atoms with Crippen molar-refractivity contribution < 1.29 is 28.6 Å². The van der Waals surface area contributed by atoms with Gasteiger partial charge in [-0.25, -0.2) is 0 Å². The average molecular weight is 406 g/mol. The summed E-state index contributed by atoms with van der Waals surface area (Å²) in [5.74, 6) is -0.380. The SMILES string of the molecule is COC(=O)CC(NC(=O)CNC(=O)c1ccc(OC)c(OC)c1)c1cccs1. The third-order valence-corrected chi connectivity index (χ3v) is 4.86. The number of carbonyl (C=O) groups excluding carboxylic acids is 3. The molecule has 1 atom stereocenters. The van der Waals surface area contributed by atoms with Crippen LogP contribution in [0.3, 0.4) is 0 Å². The van der Waals surface area contributed by atoms with Crippen molar-refractivity contribution in [2.75, 3.05) is 27.9 Å². The lowest BCUT2D eigenvalue weighted by Crippen LogP contribution is -2.39. The predicted octanol–water partition coefficient (Wildman–Crippen LogP) is 1.92. The minimum Gasteiger partial charge on any atom is -0.493 e. The van der Waals surface area contributed by atoms with Gasteiger partial charge in [-0.15, -0.1) is 11.3 Å². The standard InChI is InChI=1S/C19H22N2O6S/c1-25-14-7-6-12(9-15(14)26-2)19(24)20-11-17(22)21-13(10-18(23)27-3)16-5-4-8-28-16/h4-9,13H,10-11H2,1-3H3,(H,20,24)(H,21,22). The molecule has 28 heavy (non-hydrogen) atoms. The molecule has 2 N–H and O–H groups in total. The fourth-order valence-electron chi connectivity index (χ4n) is 2.45. The summed E-state index contributed by atoms with van der Waals surface area (Å²) in [7, 11) is 4.26. The van der Waals surface area contributed by atoms with Gasteiger partial charge in [0.25, 0.3) is 5.91 Å². The van der Waals surface area contributed by atoms with Crippen LogP contribution >= 0.6 is 11.3 Å². The lowest BCUT2D eigenvalue weighted by Gasteiger charge is -2.16. The number of hydrogen-bond donors (Lipinski definition) is 2. The average Bonchev–Trinajstić information content (AvgIpc) is 3.25. The lowest BCUT2D eigenvalue weighted by molar-refractivity contribution is -0.141. The monoisotopic (exact) mass is 406 g/mol. The Bertz CT molecular complexity index is 822. The summed E-state index contributed by atoms with van der Waals surface area (Å²) < 4.78 is 15.0. The first-order chi connectivity index (χ1) is 13.5. The summed E-state index contributed by atoms with van der Waals surface area (Å²) in [5, 5.41) is 7.14. The zero-order valence-electron chi connectivity index (χ0n) is 15.8. The minimum absolute atomic E-state index is 0.00633. The first kappa shape index (κ1) is 21.2. The molecule has 1 heterocycles. The molecule has 0 saturated carbocycles. The number of ether oxygens (including phenoxy) is 3. The van der Waals surface area contributed by atoms with E-state index in [0.717, 1.165) is 4.88 Å². The second kappa shape index (κ2) is 10.3. The van der Waals surface area contributed by atoms with Crippen LogP contribution in [0.15, 0.2) is 35.7 Å². The molecule has 1 aromatic heterocycles. The number of esters is 1. The zero-order valence-corrected chi connectivity index (χ0v) is 16.6. The van der Waals surface area contributed by atoms with Crippen molar-refractivity contribution in [1.29, 1.82) is 0 Å². The molecule has 1 aromatic carbocycles. The highest BCUT2D eigenvalue weighted by atomic mass is 32.1. The maximum atomic E-state index is 12.3. The maximum absolute atomic E-state index is 12.3.